The maximum atomic E-state index is 5.55. The van der Waals surface area contributed by atoms with Crippen LogP contribution in [-0.2, 0) is 6.54 Å². The van der Waals surface area contributed by atoms with E-state index in [0.29, 0.717) is 24.9 Å². The van der Waals surface area contributed by atoms with Crippen molar-refractivity contribution < 1.29 is 9.26 Å². The van der Waals surface area contributed by atoms with Crippen LogP contribution < -0.4 is 15.8 Å². The van der Waals surface area contributed by atoms with Gasteiger partial charge in [-0.1, -0.05) is 12.1 Å². The second-order valence-electron chi connectivity index (χ2n) is 3.35. The maximum absolute atomic E-state index is 5.55. The molecule has 0 bridgehead atoms. The van der Waals surface area contributed by atoms with Gasteiger partial charge in [-0.3, -0.25) is 0 Å². The third-order valence-electron chi connectivity index (χ3n) is 1.88. The van der Waals surface area contributed by atoms with E-state index in [-0.39, 0.29) is 12.0 Å². The number of nitrogens with zero attached hydrogens (tertiary/aromatic N) is 5. The topological polar surface area (TPSA) is 125 Å². The van der Waals surface area contributed by atoms with Crippen molar-refractivity contribution in [3.05, 3.63) is 12.2 Å². The number of aromatic nitrogens is 5. The number of nitrogen functional groups attached to an aromatic ring is 1. The molecule has 0 atom stereocenters. The van der Waals surface area contributed by atoms with Gasteiger partial charge in [0.1, 0.15) is 0 Å². The normalized spacial score (nSPS) is 10.3. The van der Waals surface area contributed by atoms with Crippen molar-refractivity contribution >= 4 is 11.9 Å². The Balaban J connectivity index is 2.00. The van der Waals surface area contributed by atoms with E-state index in [1.807, 2.05) is 6.92 Å². The van der Waals surface area contributed by atoms with Crippen molar-refractivity contribution in [2.75, 3.05) is 17.7 Å². The van der Waals surface area contributed by atoms with Gasteiger partial charge in [0.2, 0.25) is 18.3 Å². The SMILES string of the molecule is CCCOc1nc(N)nc(NCc2ncon2)n1. The number of nitrogens with two attached hydrogens (primary N) is 1. The molecular weight excluding hydrogens is 238 g/mol. The molecule has 9 nitrogen and oxygen atoms in total. The zero-order valence-corrected chi connectivity index (χ0v) is 9.83. The molecule has 0 amide bonds. The van der Waals surface area contributed by atoms with Gasteiger partial charge < -0.3 is 20.3 Å². The van der Waals surface area contributed by atoms with Crippen LogP contribution in [0.15, 0.2) is 10.9 Å². The summed E-state index contributed by atoms with van der Waals surface area (Å²) in [5.41, 5.74) is 5.55. The quantitative estimate of drug-likeness (QED) is 0.742. The molecule has 3 N–H and O–H groups in total. The van der Waals surface area contributed by atoms with E-state index < -0.39 is 0 Å². The summed E-state index contributed by atoms with van der Waals surface area (Å²) < 4.78 is 9.88. The number of ether oxygens (including phenoxy) is 1. The lowest BCUT2D eigenvalue weighted by Gasteiger charge is -2.06. The van der Waals surface area contributed by atoms with Gasteiger partial charge in [0.25, 0.3) is 0 Å². The summed E-state index contributed by atoms with van der Waals surface area (Å²) >= 11 is 0. The Morgan fingerprint density at radius 3 is 3.00 bits per heavy atom. The molecule has 0 radical (unpaired) electrons. The number of hydrogen-bond donors (Lipinski definition) is 2. The molecule has 0 aliphatic heterocycles. The van der Waals surface area contributed by atoms with Crippen LogP contribution in [0.5, 0.6) is 6.01 Å². The van der Waals surface area contributed by atoms with Crippen LogP contribution in [-0.4, -0.2) is 31.7 Å². The Labute approximate surface area is 103 Å². The van der Waals surface area contributed by atoms with Gasteiger partial charge in [0.05, 0.1) is 13.2 Å². The molecule has 0 saturated carbocycles. The first-order valence-corrected chi connectivity index (χ1v) is 5.41. The Morgan fingerprint density at radius 1 is 1.39 bits per heavy atom. The summed E-state index contributed by atoms with van der Waals surface area (Å²) in [7, 11) is 0. The summed E-state index contributed by atoms with van der Waals surface area (Å²) in [6.07, 6.45) is 2.10. The standard InChI is InChI=1S/C9H13N7O2/c1-2-3-17-9-14-7(10)13-8(15-9)11-4-6-12-5-18-16-6/h5H,2-4H2,1H3,(H3,10,11,13,14,15). The molecule has 2 rings (SSSR count). The maximum Gasteiger partial charge on any atom is 0.323 e. The van der Waals surface area contributed by atoms with Gasteiger partial charge in [-0.2, -0.15) is 19.9 Å². The fraction of sp³-hybridized carbons (Fsp3) is 0.444. The van der Waals surface area contributed by atoms with Gasteiger partial charge in [-0.25, -0.2) is 0 Å². The average molecular weight is 251 g/mol. The van der Waals surface area contributed by atoms with Gasteiger partial charge in [-0.15, -0.1) is 0 Å². The number of hydrogen-bond acceptors (Lipinski definition) is 9. The second-order valence-corrected chi connectivity index (χ2v) is 3.35. The highest BCUT2D eigenvalue weighted by atomic mass is 16.5. The molecule has 96 valence electrons. The van der Waals surface area contributed by atoms with E-state index in [1.165, 1.54) is 6.39 Å². The lowest BCUT2D eigenvalue weighted by Crippen LogP contribution is -2.10. The fourth-order valence-electron chi connectivity index (χ4n) is 1.14. The molecule has 2 aromatic heterocycles. The molecule has 0 aliphatic carbocycles. The Kier molecular flexibility index (Phi) is 3.84. The highest BCUT2D eigenvalue weighted by Gasteiger charge is 2.06. The van der Waals surface area contributed by atoms with Crippen LogP contribution in [0.2, 0.25) is 0 Å². The van der Waals surface area contributed by atoms with Crippen LogP contribution in [0.1, 0.15) is 19.2 Å². The third kappa shape index (κ3) is 3.27. The second kappa shape index (κ2) is 5.75. The largest absolute Gasteiger partial charge is 0.463 e. The minimum Gasteiger partial charge on any atom is -0.463 e. The van der Waals surface area contributed by atoms with E-state index in [2.05, 4.69) is 34.9 Å². The average Bonchev–Trinajstić information content (AvgIpc) is 2.86. The van der Waals surface area contributed by atoms with E-state index in [9.17, 15) is 0 Å². The summed E-state index contributed by atoms with van der Waals surface area (Å²) in [5.74, 6) is 0.884. The van der Waals surface area contributed by atoms with Crippen molar-refractivity contribution in [2.24, 2.45) is 0 Å². The molecule has 0 saturated heterocycles. The van der Waals surface area contributed by atoms with E-state index in [4.69, 9.17) is 10.5 Å². The first-order chi connectivity index (χ1) is 8.78. The molecule has 2 aromatic rings. The highest BCUT2D eigenvalue weighted by molar-refractivity contribution is 5.32. The monoisotopic (exact) mass is 251 g/mol. The fourth-order valence-corrected chi connectivity index (χ4v) is 1.14. The first kappa shape index (κ1) is 12.0. The van der Waals surface area contributed by atoms with Crippen LogP contribution in [0.25, 0.3) is 0 Å². The smallest absolute Gasteiger partial charge is 0.323 e. The van der Waals surface area contributed by atoms with Crippen molar-refractivity contribution in [1.82, 2.24) is 25.1 Å². The first-order valence-electron chi connectivity index (χ1n) is 5.41. The van der Waals surface area contributed by atoms with Crippen LogP contribution >= 0.6 is 0 Å². The van der Waals surface area contributed by atoms with Gasteiger partial charge in [0.15, 0.2) is 5.82 Å². The summed E-state index contributed by atoms with van der Waals surface area (Å²) in [4.78, 5) is 15.7. The molecule has 18 heavy (non-hydrogen) atoms. The lowest BCUT2D eigenvalue weighted by atomic mass is 10.5. The number of anilines is 2. The molecular formula is C9H13N7O2. The molecule has 9 heteroatoms. The third-order valence-corrected chi connectivity index (χ3v) is 1.88. The highest BCUT2D eigenvalue weighted by Crippen LogP contribution is 2.09. The molecule has 0 unspecified atom stereocenters. The van der Waals surface area contributed by atoms with Crippen molar-refractivity contribution in [2.45, 2.75) is 19.9 Å². The molecule has 2 heterocycles. The lowest BCUT2D eigenvalue weighted by molar-refractivity contribution is 0.292. The number of nitrogens with one attached hydrogen (secondary N) is 1. The summed E-state index contributed by atoms with van der Waals surface area (Å²) in [6, 6.07) is 0.194. The van der Waals surface area contributed by atoms with Crippen molar-refractivity contribution in [3.8, 4) is 6.01 Å². The zero-order valence-electron chi connectivity index (χ0n) is 9.83. The van der Waals surface area contributed by atoms with Gasteiger partial charge in [0, 0.05) is 0 Å². The van der Waals surface area contributed by atoms with Crippen LogP contribution in [0.3, 0.4) is 0 Å². The van der Waals surface area contributed by atoms with Crippen molar-refractivity contribution in [3.63, 3.8) is 0 Å². The van der Waals surface area contributed by atoms with E-state index in [0.717, 1.165) is 6.42 Å². The van der Waals surface area contributed by atoms with Gasteiger partial charge in [-0.05, 0) is 6.42 Å². The van der Waals surface area contributed by atoms with E-state index >= 15 is 0 Å². The Morgan fingerprint density at radius 2 is 2.28 bits per heavy atom. The minimum absolute atomic E-state index is 0.0896. The minimum atomic E-state index is 0.0896. The zero-order chi connectivity index (χ0) is 12.8. The number of rotatable bonds is 6. The van der Waals surface area contributed by atoms with E-state index in [1.54, 1.807) is 0 Å². The summed E-state index contributed by atoms with van der Waals surface area (Å²) in [6.45, 7) is 2.83. The predicted octanol–water partition coefficient (Wildman–Crippen LogP) is 0.238. The Bertz CT molecular complexity index is 488. The van der Waals surface area contributed by atoms with Crippen LogP contribution in [0, 0.1) is 0 Å². The summed E-state index contributed by atoms with van der Waals surface area (Å²) in [5, 5.41) is 6.54. The van der Waals surface area contributed by atoms with Gasteiger partial charge >= 0.3 is 6.01 Å². The van der Waals surface area contributed by atoms with Crippen molar-refractivity contribution in [1.29, 1.82) is 0 Å². The molecule has 0 aromatic carbocycles. The predicted molar refractivity (Wildman–Crippen MR) is 61.7 cm³/mol. The molecule has 0 fully saturated rings. The molecule has 0 spiro atoms. The van der Waals surface area contributed by atoms with Crippen LogP contribution in [0.4, 0.5) is 11.9 Å². The molecule has 0 aliphatic rings. The Hall–Kier alpha value is -2.45.